The number of hydrogen-bond donors (Lipinski definition) is 1. The predicted octanol–water partition coefficient (Wildman–Crippen LogP) is 2.77. The summed E-state index contributed by atoms with van der Waals surface area (Å²) in [5.41, 5.74) is 4.71. The molecule has 1 aliphatic carbocycles. The quantitative estimate of drug-likeness (QED) is 0.810. The molecule has 2 aromatic rings. The van der Waals surface area contributed by atoms with Gasteiger partial charge in [-0.3, -0.25) is 9.59 Å². The number of rotatable bonds is 6. The average molecular weight is 397 g/mol. The van der Waals surface area contributed by atoms with Gasteiger partial charge in [0.2, 0.25) is 0 Å². The highest BCUT2D eigenvalue weighted by molar-refractivity contribution is 5.94. The van der Waals surface area contributed by atoms with Crippen molar-refractivity contribution in [2.45, 2.75) is 51.5 Å². The zero-order valence-electron chi connectivity index (χ0n) is 16.8. The molecule has 0 atom stereocenters. The third kappa shape index (κ3) is 3.92. The first-order valence-electron chi connectivity index (χ1n) is 10.3. The van der Waals surface area contributed by atoms with Gasteiger partial charge >= 0.3 is 5.97 Å². The maximum Gasteiger partial charge on any atom is 0.305 e. The summed E-state index contributed by atoms with van der Waals surface area (Å²) in [6.45, 7) is 3.43. The number of benzene rings is 1. The van der Waals surface area contributed by atoms with Crippen LogP contribution in [-0.2, 0) is 22.4 Å². The van der Waals surface area contributed by atoms with Crippen molar-refractivity contribution in [3.8, 4) is 5.69 Å². The predicted molar refractivity (Wildman–Crippen MR) is 107 cm³/mol. The highest BCUT2D eigenvalue weighted by Gasteiger charge is 2.33. The Morgan fingerprint density at radius 1 is 1.24 bits per heavy atom. The smallest absolute Gasteiger partial charge is 0.305 e. The second-order valence-electron chi connectivity index (χ2n) is 7.81. The van der Waals surface area contributed by atoms with Crippen LogP contribution in [0.1, 0.15) is 53.0 Å². The van der Waals surface area contributed by atoms with Crippen LogP contribution in [0, 0.1) is 6.92 Å². The number of fused-ring (bicyclic) bond motifs is 1. The Balaban J connectivity index is 1.70. The number of aliphatic carboxylic acids is 1. The van der Waals surface area contributed by atoms with Crippen LogP contribution in [-0.4, -0.2) is 57.5 Å². The van der Waals surface area contributed by atoms with Crippen LogP contribution in [0.15, 0.2) is 24.3 Å². The minimum absolute atomic E-state index is 0.00346. The normalized spacial score (nSPS) is 16.6. The molecule has 1 amide bonds. The van der Waals surface area contributed by atoms with Crippen molar-refractivity contribution in [2.75, 3.05) is 19.8 Å². The lowest BCUT2D eigenvalue weighted by Crippen LogP contribution is -2.45. The molecule has 0 spiro atoms. The first kappa shape index (κ1) is 19.6. The maximum absolute atomic E-state index is 13.6. The molecule has 1 N–H and O–H groups in total. The van der Waals surface area contributed by atoms with E-state index in [-0.39, 0.29) is 24.9 Å². The Labute approximate surface area is 170 Å². The summed E-state index contributed by atoms with van der Waals surface area (Å²) in [5.74, 6) is -1.05. The van der Waals surface area contributed by atoms with Gasteiger partial charge in [0.1, 0.15) is 0 Å². The Bertz CT molecular complexity index is 915. The molecular formula is C22H27N3O4. The van der Waals surface area contributed by atoms with Crippen LogP contribution in [0.2, 0.25) is 0 Å². The molecule has 7 nitrogen and oxygen atoms in total. The minimum atomic E-state index is -0.898. The van der Waals surface area contributed by atoms with Gasteiger partial charge in [-0.1, -0.05) is 18.2 Å². The van der Waals surface area contributed by atoms with Gasteiger partial charge in [-0.25, -0.2) is 4.68 Å². The molecule has 7 heteroatoms. The third-order valence-corrected chi connectivity index (χ3v) is 5.94. The van der Waals surface area contributed by atoms with E-state index in [0.717, 1.165) is 54.6 Å². The summed E-state index contributed by atoms with van der Waals surface area (Å²) >= 11 is 0. The molecule has 1 fully saturated rings. The highest BCUT2D eigenvalue weighted by atomic mass is 16.5. The van der Waals surface area contributed by atoms with Crippen LogP contribution in [0.3, 0.4) is 0 Å². The number of carbonyl (C=O) groups excluding carboxylic acids is 1. The number of para-hydroxylation sites is 1. The van der Waals surface area contributed by atoms with E-state index in [1.165, 1.54) is 0 Å². The number of ether oxygens (including phenoxy) is 1. The van der Waals surface area contributed by atoms with Gasteiger partial charge in [0, 0.05) is 37.1 Å². The van der Waals surface area contributed by atoms with E-state index in [1.807, 2.05) is 35.9 Å². The molecule has 0 radical (unpaired) electrons. The Hall–Kier alpha value is -2.67. The maximum atomic E-state index is 13.6. The molecule has 4 rings (SSSR count). The van der Waals surface area contributed by atoms with Crippen LogP contribution < -0.4 is 0 Å². The lowest BCUT2D eigenvalue weighted by molar-refractivity contribution is -0.137. The fourth-order valence-corrected chi connectivity index (χ4v) is 4.41. The molecule has 154 valence electrons. The summed E-state index contributed by atoms with van der Waals surface area (Å²) in [4.78, 5) is 26.5. The van der Waals surface area contributed by atoms with Crippen molar-refractivity contribution in [1.82, 2.24) is 14.7 Å². The molecule has 1 aromatic carbocycles. The van der Waals surface area contributed by atoms with E-state index in [0.29, 0.717) is 18.9 Å². The van der Waals surface area contributed by atoms with Crippen LogP contribution in [0.5, 0.6) is 0 Å². The fraction of sp³-hybridized carbons (Fsp3) is 0.500. The number of carboxylic acids is 1. The zero-order valence-corrected chi connectivity index (χ0v) is 16.8. The van der Waals surface area contributed by atoms with E-state index >= 15 is 0 Å². The van der Waals surface area contributed by atoms with E-state index in [2.05, 4.69) is 0 Å². The number of amides is 1. The molecule has 0 saturated carbocycles. The second-order valence-corrected chi connectivity index (χ2v) is 7.81. The van der Waals surface area contributed by atoms with Gasteiger partial charge in [0.15, 0.2) is 5.69 Å². The number of nitrogens with zero attached hydrogens (tertiary/aromatic N) is 3. The van der Waals surface area contributed by atoms with Crippen molar-refractivity contribution in [2.24, 2.45) is 0 Å². The van der Waals surface area contributed by atoms with Crippen LogP contribution in [0.25, 0.3) is 5.69 Å². The number of aromatic nitrogens is 2. The Morgan fingerprint density at radius 3 is 2.72 bits per heavy atom. The minimum Gasteiger partial charge on any atom is -0.481 e. The molecule has 1 aliphatic heterocycles. The van der Waals surface area contributed by atoms with Gasteiger partial charge in [0.25, 0.3) is 5.91 Å². The molecule has 2 heterocycles. The van der Waals surface area contributed by atoms with Crippen molar-refractivity contribution < 1.29 is 19.4 Å². The summed E-state index contributed by atoms with van der Waals surface area (Å²) in [5, 5.41) is 13.9. The lowest BCUT2D eigenvalue weighted by atomic mass is 10.0. The van der Waals surface area contributed by atoms with Crippen LogP contribution in [0.4, 0.5) is 0 Å². The molecular weight excluding hydrogens is 370 g/mol. The van der Waals surface area contributed by atoms with Crippen molar-refractivity contribution in [3.05, 3.63) is 46.8 Å². The topological polar surface area (TPSA) is 84.7 Å². The molecule has 29 heavy (non-hydrogen) atoms. The van der Waals surface area contributed by atoms with E-state index in [1.54, 1.807) is 4.90 Å². The third-order valence-electron chi connectivity index (χ3n) is 5.94. The SMILES string of the molecule is Cc1ccccc1-n1nc(C(=O)N(CCC(=O)O)C2CCOCC2)c2c1CCC2. The monoisotopic (exact) mass is 397 g/mol. The standard InChI is InChI=1S/C22H27N3O4/c1-15-5-2-3-7-18(15)25-19-8-4-6-17(19)21(23-25)22(28)24(12-9-20(26)27)16-10-13-29-14-11-16/h2-3,5,7,16H,4,6,8-14H2,1H3,(H,26,27). The Morgan fingerprint density at radius 2 is 2.00 bits per heavy atom. The van der Waals surface area contributed by atoms with E-state index < -0.39 is 5.97 Å². The van der Waals surface area contributed by atoms with Crippen LogP contribution >= 0.6 is 0 Å². The summed E-state index contributed by atoms with van der Waals surface area (Å²) in [7, 11) is 0. The highest BCUT2D eigenvalue weighted by Crippen LogP contribution is 2.30. The van der Waals surface area contributed by atoms with Gasteiger partial charge in [-0.05, 0) is 50.7 Å². The van der Waals surface area contributed by atoms with Gasteiger partial charge in [0.05, 0.1) is 12.1 Å². The van der Waals surface area contributed by atoms with Gasteiger partial charge in [-0.2, -0.15) is 5.10 Å². The summed E-state index contributed by atoms with van der Waals surface area (Å²) in [6, 6.07) is 8.04. The van der Waals surface area contributed by atoms with Gasteiger partial charge < -0.3 is 14.7 Å². The number of carbonyl (C=O) groups is 2. The molecule has 2 aliphatic rings. The summed E-state index contributed by atoms with van der Waals surface area (Å²) < 4.78 is 7.36. The molecule has 1 saturated heterocycles. The van der Waals surface area contributed by atoms with E-state index in [9.17, 15) is 9.59 Å². The van der Waals surface area contributed by atoms with Gasteiger partial charge in [-0.15, -0.1) is 0 Å². The number of hydrogen-bond acceptors (Lipinski definition) is 4. The lowest BCUT2D eigenvalue weighted by Gasteiger charge is -2.33. The van der Waals surface area contributed by atoms with Crippen molar-refractivity contribution in [1.29, 1.82) is 0 Å². The first-order valence-corrected chi connectivity index (χ1v) is 10.3. The molecule has 1 aromatic heterocycles. The zero-order chi connectivity index (χ0) is 20.4. The number of carboxylic acid groups (broad SMARTS) is 1. The second kappa shape index (κ2) is 8.37. The Kier molecular flexibility index (Phi) is 5.67. The molecule has 0 unspecified atom stereocenters. The van der Waals surface area contributed by atoms with Crippen molar-refractivity contribution >= 4 is 11.9 Å². The molecule has 0 bridgehead atoms. The largest absolute Gasteiger partial charge is 0.481 e. The summed E-state index contributed by atoms with van der Waals surface area (Å²) in [6.07, 6.45) is 4.13. The first-order chi connectivity index (χ1) is 14.1. The van der Waals surface area contributed by atoms with E-state index in [4.69, 9.17) is 14.9 Å². The average Bonchev–Trinajstić information content (AvgIpc) is 3.32. The fourth-order valence-electron chi connectivity index (χ4n) is 4.41. The number of aryl methyl sites for hydroxylation is 1. The van der Waals surface area contributed by atoms with Crippen molar-refractivity contribution in [3.63, 3.8) is 0 Å².